The molecule has 1 aliphatic heterocycles. The van der Waals surface area contributed by atoms with Crippen molar-refractivity contribution >= 4 is 11.8 Å². The van der Waals surface area contributed by atoms with Crippen LogP contribution in [0, 0.1) is 11.8 Å². The number of carbonyl (C=O) groups excluding carboxylic acids is 2. The van der Waals surface area contributed by atoms with E-state index >= 15 is 0 Å². The van der Waals surface area contributed by atoms with Gasteiger partial charge in [-0.25, -0.2) is 0 Å². The molecule has 1 unspecified atom stereocenters. The molecular formula is C14H22N2O2. The summed E-state index contributed by atoms with van der Waals surface area (Å²) in [4.78, 5) is 26.6. The third-order valence-corrected chi connectivity index (χ3v) is 4.38. The van der Waals surface area contributed by atoms with Crippen molar-refractivity contribution in [2.45, 2.75) is 57.5 Å². The van der Waals surface area contributed by atoms with Crippen LogP contribution in [0.3, 0.4) is 0 Å². The molecule has 2 aliphatic carbocycles. The highest BCUT2D eigenvalue weighted by molar-refractivity contribution is 5.99. The van der Waals surface area contributed by atoms with Crippen LogP contribution in [0.1, 0.15) is 46.0 Å². The van der Waals surface area contributed by atoms with Gasteiger partial charge in [0.2, 0.25) is 11.8 Å². The normalized spacial score (nSPS) is 31.4. The van der Waals surface area contributed by atoms with Gasteiger partial charge in [-0.15, -0.1) is 0 Å². The highest BCUT2D eigenvalue weighted by Crippen LogP contribution is 2.39. The summed E-state index contributed by atoms with van der Waals surface area (Å²) in [5, 5.41) is 2.88. The van der Waals surface area contributed by atoms with Crippen molar-refractivity contribution in [3.05, 3.63) is 0 Å². The average Bonchev–Trinajstić information content (AvgIpc) is 3.12. The second-order valence-electron chi connectivity index (χ2n) is 6.63. The zero-order valence-electron chi connectivity index (χ0n) is 11.2. The lowest BCUT2D eigenvalue weighted by atomic mass is 9.94. The predicted molar refractivity (Wildman–Crippen MR) is 67.8 cm³/mol. The van der Waals surface area contributed by atoms with Crippen molar-refractivity contribution < 1.29 is 9.59 Å². The second-order valence-corrected chi connectivity index (χ2v) is 6.63. The Hall–Kier alpha value is -1.06. The Morgan fingerprint density at radius 1 is 1.22 bits per heavy atom. The van der Waals surface area contributed by atoms with Gasteiger partial charge in [0, 0.05) is 6.54 Å². The van der Waals surface area contributed by atoms with Gasteiger partial charge in [-0.1, -0.05) is 12.8 Å². The second kappa shape index (κ2) is 3.97. The Morgan fingerprint density at radius 3 is 2.44 bits per heavy atom. The average molecular weight is 250 g/mol. The smallest absolute Gasteiger partial charge is 0.248 e. The molecule has 0 aromatic heterocycles. The molecule has 3 rings (SSSR count). The Balaban J connectivity index is 1.77. The van der Waals surface area contributed by atoms with E-state index in [0.717, 1.165) is 31.7 Å². The summed E-state index contributed by atoms with van der Waals surface area (Å²) in [7, 11) is 0. The summed E-state index contributed by atoms with van der Waals surface area (Å²) in [6.45, 7) is 4.38. The summed E-state index contributed by atoms with van der Waals surface area (Å²) in [5.74, 6) is 1.35. The molecule has 4 nitrogen and oxygen atoms in total. The van der Waals surface area contributed by atoms with Crippen LogP contribution in [-0.2, 0) is 9.59 Å². The molecule has 1 N–H and O–H groups in total. The maximum absolute atomic E-state index is 12.5. The lowest BCUT2D eigenvalue weighted by Gasteiger charge is -2.43. The molecule has 0 aromatic rings. The van der Waals surface area contributed by atoms with E-state index in [4.69, 9.17) is 0 Å². The molecule has 18 heavy (non-hydrogen) atoms. The quantitative estimate of drug-likeness (QED) is 0.817. The molecule has 3 aliphatic rings. The maximum atomic E-state index is 12.5. The molecule has 1 atom stereocenters. The summed E-state index contributed by atoms with van der Waals surface area (Å²) < 4.78 is 0. The van der Waals surface area contributed by atoms with Gasteiger partial charge in [0.15, 0.2) is 0 Å². The fourth-order valence-corrected chi connectivity index (χ4v) is 2.91. The number of nitrogens with zero attached hydrogens (tertiary/aromatic N) is 1. The van der Waals surface area contributed by atoms with Gasteiger partial charge in [-0.3, -0.25) is 9.59 Å². The van der Waals surface area contributed by atoms with E-state index in [0.29, 0.717) is 5.92 Å². The molecule has 0 aromatic carbocycles. The minimum Gasteiger partial charge on any atom is -0.340 e. The van der Waals surface area contributed by atoms with Crippen molar-refractivity contribution in [2.75, 3.05) is 6.54 Å². The van der Waals surface area contributed by atoms with Crippen molar-refractivity contribution in [1.82, 2.24) is 10.2 Å². The highest BCUT2D eigenvalue weighted by Gasteiger charge is 2.50. The van der Waals surface area contributed by atoms with Crippen LogP contribution in [0.5, 0.6) is 0 Å². The third kappa shape index (κ3) is 2.13. The first-order valence-corrected chi connectivity index (χ1v) is 7.12. The fraction of sp³-hybridized carbons (Fsp3) is 0.857. The standard InChI is InChI=1S/C14H22N2O2/c1-14(2)13(18)16(8-7-9-3-4-9)11(10-5-6-10)12(17)15-14/h9-11H,3-8H2,1-2H3,(H,15,17). The first-order valence-electron chi connectivity index (χ1n) is 7.12. The Labute approximate surface area is 108 Å². The molecule has 3 fully saturated rings. The zero-order valence-corrected chi connectivity index (χ0v) is 11.2. The summed E-state index contributed by atoms with van der Waals surface area (Å²) >= 11 is 0. The zero-order chi connectivity index (χ0) is 12.9. The molecule has 100 valence electrons. The largest absolute Gasteiger partial charge is 0.340 e. The van der Waals surface area contributed by atoms with Gasteiger partial charge >= 0.3 is 0 Å². The molecule has 0 bridgehead atoms. The minimum atomic E-state index is -0.730. The molecular weight excluding hydrogens is 228 g/mol. The summed E-state index contributed by atoms with van der Waals surface area (Å²) in [5.41, 5.74) is -0.730. The van der Waals surface area contributed by atoms with Gasteiger partial charge < -0.3 is 10.2 Å². The predicted octanol–water partition coefficient (Wildman–Crippen LogP) is 1.30. The molecule has 1 saturated heterocycles. The SMILES string of the molecule is CC1(C)NC(=O)C(C2CC2)N(CCC2CC2)C1=O. The number of carbonyl (C=O) groups is 2. The van der Waals surface area contributed by atoms with Crippen LogP contribution < -0.4 is 5.32 Å². The van der Waals surface area contributed by atoms with Gasteiger partial charge in [0.1, 0.15) is 11.6 Å². The molecule has 0 spiro atoms. The minimum absolute atomic E-state index is 0.0536. The van der Waals surface area contributed by atoms with Crippen molar-refractivity contribution in [3.8, 4) is 0 Å². The first-order chi connectivity index (χ1) is 8.49. The van der Waals surface area contributed by atoms with Gasteiger partial charge in [-0.05, 0) is 44.9 Å². The number of nitrogens with one attached hydrogen (secondary N) is 1. The lowest BCUT2D eigenvalue weighted by Crippen LogP contribution is -2.68. The van der Waals surface area contributed by atoms with Gasteiger partial charge in [0.05, 0.1) is 0 Å². The molecule has 0 radical (unpaired) electrons. The van der Waals surface area contributed by atoms with E-state index in [9.17, 15) is 9.59 Å². The van der Waals surface area contributed by atoms with Crippen LogP contribution in [0.4, 0.5) is 0 Å². The van der Waals surface area contributed by atoms with E-state index in [2.05, 4.69) is 5.32 Å². The fourth-order valence-electron chi connectivity index (χ4n) is 2.91. The monoisotopic (exact) mass is 250 g/mol. The molecule has 4 heteroatoms. The van der Waals surface area contributed by atoms with E-state index in [-0.39, 0.29) is 17.9 Å². The van der Waals surface area contributed by atoms with E-state index < -0.39 is 5.54 Å². The van der Waals surface area contributed by atoms with E-state index in [1.165, 1.54) is 12.8 Å². The number of piperazine rings is 1. The molecule has 2 amide bonds. The van der Waals surface area contributed by atoms with E-state index in [1.54, 1.807) is 13.8 Å². The van der Waals surface area contributed by atoms with E-state index in [1.807, 2.05) is 4.90 Å². The van der Waals surface area contributed by atoms with Gasteiger partial charge in [-0.2, -0.15) is 0 Å². The Morgan fingerprint density at radius 2 is 1.89 bits per heavy atom. The summed E-state index contributed by atoms with van der Waals surface area (Å²) in [6.07, 6.45) is 5.84. The van der Waals surface area contributed by atoms with Crippen LogP contribution in [0.2, 0.25) is 0 Å². The number of hydrogen-bond acceptors (Lipinski definition) is 2. The number of rotatable bonds is 4. The van der Waals surface area contributed by atoms with Crippen molar-refractivity contribution in [3.63, 3.8) is 0 Å². The van der Waals surface area contributed by atoms with Crippen LogP contribution in [0.15, 0.2) is 0 Å². The van der Waals surface area contributed by atoms with Gasteiger partial charge in [0.25, 0.3) is 0 Å². The Kier molecular flexibility index (Phi) is 2.65. The lowest BCUT2D eigenvalue weighted by molar-refractivity contribution is -0.154. The summed E-state index contributed by atoms with van der Waals surface area (Å²) in [6, 6.07) is -0.190. The Bertz CT molecular complexity index is 383. The number of hydrogen-bond donors (Lipinski definition) is 1. The van der Waals surface area contributed by atoms with Crippen LogP contribution >= 0.6 is 0 Å². The third-order valence-electron chi connectivity index (χ3n) is 4.38. The maximum Gasteiger partial charge on any atom is 0.248 e. The highest BCUT2D eigenvalue weighted by atomic mass is 16.2. The molecule has 2 saturated carbocycles. The van der Waals surface area contributed by atoms with Crippen molar-refractivity contribution in [1.29, 1.82) is 0 Å². The molecule has 1 heterocycles. The van der Waals surface area contributed by atoms with Crippen LogP contribution in [-0.4, -0.2) is 34.8 Å². The first kappa shape index (κ1) is 12.0. The number of amides is 2. The van der Waals surface area contributed by atoms with Crippen molar-refractivity contribution in [2.24, 2.45) is 11.8 Å². The van der Waals surface area contributed by atoms with Crippen LogP contribution in [0.25, 0.3) is 0 Å². The topological polar surface area (TPSA) is 49.4 Å².